The highest BCUT2D eigenvalue weighted by Gasteiger charge is 2.16. The van der Waals surface area contributed by atoms with Crippen LogP contribution >= 0.6 is 23.2 Å². The van der Waals surface area contributed by atoms with E-state index in [-0.39, 0.29) is 12.4 Å². The molecule has 7 nitrogen and oxygen atoms in total. The number of unbranched alkanes of at least 4 members (excludes halogenated alkanes) is 3. The van der Waals surface area contributed by atoms with E-state index in [0.717, 1.165) is 48.6 Å². The Morgan fingerprint density at radius 3 is 2.36 bits per heavy atom. The minimum absolute atomic E-state index is 0.271. The van der Waals surface area contributed by atoms with Crippen molar-refractivity contribution in [2.45, 2.75) is 45.0 Å². The molecule has 0 unspecified atom stereocenters. The van der Waals surface area contributed by atoms with Crippen LogP contribution in [0.1, 0.15) is 58.8 Å². The molecule has 1 atom stereocenters. The zero-order valence-corrected chi connectivity index (χ0v) is 26.2. The number of nitrogens with one attached hydrogen (secondary N) is 1. The van der Waals surface area contributed by atoms with Crippen LogP contribution in [0.25, 0.3) is 10.8 Å². The van der Waals surface area contributed by atoms with Gasteiger partial charge in [-0.15, -0.1) is 0 Å². The lowest BCUT2D eigenvalue weighted by Crippen LogP contribution is -2.22. The molecular formula is C35H39Cl2NO6. The predicted molar refractivity (Wildman–Crippen MR) is 175 cm³/mol. The van der Waals surface area contributed by atoms with E-state index >= 15 is 0 Å². The fourth-order valence-corrected chi connectivity index (χ4v) is 5.32. The minimum Gasteiger partial charge on any atom is -0.423 e. The van der Waals surface area contributed by atoms with Gasteiger partial charge in [-0.3, -0.25) is 0 Å². The van der Waals surface area contributed by atoms with Crippen LogP contribution in [0.4, 0.5) is 0 Å². The number of aliphatic hydroxyl groups excluding tert-OH is 2. The summed E-state index contributed by atoms with van der Waals surface area (Å²) in [6, 6.07) is 23.5. The van der Waals surface area contributed by atoms with Gasteiger partial charge in [0, 0.05) is 34.3 Å². The van der Waals surface area contributed by atoms with Crippen LogP contribution in [0.3, 0.4) is 0 Å². The summed E-state index contributed by atoms with van der Waals surface area (Å²) in [5.41, 5.74) is 2.33. The molecule has 0 amide bonds. The average Bonchev–Trinajstić information content (AvgIpc) is 3.04. The van der Waals surface area contributed by atoms with Crippen molar-refractivity contribution < 1.29 is 29.2 Å². The third kappa shape index (κ3) is 10.0. The standard InChI is InChI=1S/C35H39Cl2NO6/c36-31-13-8-14-32(37)30(31)24-43-20-19-42-18-6-2-1-5-17-38-22-33(40)26-15-16-34(27(21-26)23-39)44-35(41)29-12-7-10-25-9-3-4-11-28(25)29/h3-4,7-16,21,33,38-40H,1-2,5-6,17-20,22-24H2/t33-/m0/s1. The number of esters is 1. The first-order chi connectivity index (χ1) is 21.5. The number of ether oxygens (including phenoxy) is 3. The van der Waals surface area contributed by atoms with Gasteiger partial charge in [-0.05, 0) is 66.1 Å². The Kier molecular flexibility index (Phi) is 13.9. The van der Waals surface area contributed by atoms with Gasteiger partial charge in [-0.25, -0.2) is 4.79 Å². The van der Waals surface area contributed by atoms with E-state index in [0.29, 0.717) is 59.7 Å². The quantitative estimate of drug-likeness (QED) is 0.0598. The van der Waals surface area contributed by atoms with E-state index in [1.165, 1.54) is 0 Å². The van der Waals surface area contributed by atoms with E-state index in [4.69, 9.17) is 37.4 Å². The molecule has 0 radical (unpaired) electrons. The molecule has 4 aromatic carbocycles. The van der Waals surface area contributed by atoms with Crippen LogP contribution in [0.15, 0.2) is 78.9 Å². The molecule has 3 N–H and O–H groups in total. The number of hydrogen-bond acceptors (Lipinski definition) is 7. The summed E-state index contributed by atoms with van der Waals surface area (Å²) in [5.74, 6) is -0.227. The van der Waals surface area contributed by atoms with Crippen molar-refractivity contribution in [3.8, 4) is 5.75 Å². The first kappa shape index (κ1) is 33.9. The summed E-state index contributed by atoms with van der Waals surface area (Å²) in [7, 11) is 0. The van der Waals surface area contributed by atoms with E-state index in [1.54, 1.807) is 36.4 Å². The topological polar surface area (TPSA) is 97.3 Å². The highest BCUT2D eigenvalue weighted by molar-refractivity contribution is 6.35. The third-order valence-electron chi connectivity index (χ3n) is 7.26. The van der Waals surface area contributed by atoms with Crippen molar-refractivity contribution in [1.29, 1.82) is 0 Å². The second kappa shape index (κ2) is 18.1. The summed E-state index contributed by atoms with van der Waals surface area (Å²) in [6.07, 6.45) is 3.31. The highest BCUT2D eigenvalue weighted by atomic mass is 35.5. The van der Waals surface area contributed by atoms with Crippen molar-refractivity contribution in [1.82, 2.24) is 5.32 Å². The number of rotatable bonds is 18. The molecule has 0 aliphatic heterocycles. The Morgan fingerprint density at radius 1 is 0.818 bits per heavy atom. The van der Waals surface area contributed by atoms with Gasteiger partial charge < -0.3 is 29.7 Å². The van der Waals surface area contributed by atoms with Crippen molar-refractivity contribution in [2.24, 2.45) is 0 Å². The van der Waals surface area contributed by atoms with E-state index in [9.17, 15) is 15.0 Å². The second-order valence-corrected chi connectivity index (χ2v) is 11.3. The number of aliphatic hydroxyl groups is 2. The van der Waals surface area contributed by atoms with Crippen molar-refractivity contribution >= 4 is 39.9 Å². The smallest absolute Gasteiger partial charge is 0.344 e. The molecule has 0 saturated carbocycles. The summed E-state index contributed by atoms with van der Waals surface area (Å²) in [6.45, 7) is 2.88. The monoisotopic (exact) mass is 639 g/mol. The molecule has 0 heterocycles. The molecule has 44 heavy (non-hydrogen) atoms. The van der Waals surface area contributed by atoms with Crippen LogP contribution in [-0.4, -0.2) is 49.1 Å². The number of hydrogen-bond donors (Lipinski definition) is 3. The third-order valence-corrected chi connectivity index (χ3v) is 7.97. The van der Waals surface area contributed by atoms with E-state index in [1.807, 2.05) is 42.5 Å². The van der Waals surface area contributed by atoms with Crippen LogP contribution in [-0.2, 0) is 22.7 Å². The Hall–Kier alpha value is -3.01. The molecule has 4 rings (SSSR count). The molecule has 0 fully saturated rings. The molecular weight excluding hydrogens is 601 g/mol. The largest absolute Gasteiger partial charge is 0.423 e. The first-order valence-electron chi connectivity index (χ1n) is 14.9. The van der Waals surface area contributed by atoms with Crippen LogP contribution in [0, 0.1) is 0 Å². The van der Waals surface area contributed by atoms with Gasteiger partial charge in [0.05, 0.1) is 38.1 Å². The van der Waals surface area contributed by atoms with Gasteiger partial charge >= 0.3 is 5.97 Å². The molecule has 0 aliphatic rings. The van der Waals surface area contributed by atoms with Gasteiger partial charge in [-0.1, -0.05) is 84.6 Å². The predicted octanol–water partition coefficient (Wildman–Crippen LogP) is 7.27. The minimum atomic E-state index is -0.757. The van der Waals surface area contributed by atoms with Crippen LogP contribution in [0.2, 0.25) is 10.0 Å². The zero-order chi connectivity index (χ0) is 31.1. The Morgan fingerprint density at radius 2 is 1.55 bits per heavy atom. The summed E-state index contributed by atoms with van der Waals surface area (Å²) in [4.78, 5) is 12.9. The average molecular weight is 641 g/mol. The maximum atomic E-state index is 12.9. The van der Waals surface area contributed by atoms with Crippen molar-refractivity contribution in [3.63, 3.8) is 0 Å². The molecule has 0 aromatic heterocycles. The lowest BCUT2D eigenvalue weighted by atomic mass is 10.0. The molecule has 0 saturated heterocycles. The molecule has 9 heteroatoms. The lowest BCUT2D eigenvalue weighted by Gasteiger charge is -2.15. The summed E-state index contributed by atoms with van der Waals surface area (Å²) in [5, 5.41) is 26.8. The second-order valence-electron chi connectivity index (χ2n) is 10.4. The van der Waals surface area contributed by atoms with Gasteiger partial charge in [0.2, 0.25) is 0 Å². The van der Waals surface area contributed by atoms with Crippen LogP contribution < -0.4 is 10.1 Å². The molecule has 0 spiro atoms. The van der Waals surface area contributed by atoms with E-state index < -0.39 is 12.1 Å². The van der Waals surface area contributed by atoms with E-state index in [2.05, 4.69) is 5.32 Å². The number of halogens is 2. The lowest BCUT2D eigenvalue weighted by molar-refractivity contribution is 0.0393. The Bertz CT molecular complexity index is 1470. The fourth-order valence-electron chi connectivity index (χ4n) is 4.82. The number of carbonyl (C=O) groups is 1. The van der Waals surface area contributed by atoms with Gasteiger partial charge in [0.15, 0.2) is 0 Å². The highest BCUT2D eigenvalue weighted by Crippen LogP contribution is 2.27. The normalized spacial score (nSPS) is 12.0. The molecule has 0 bridgehead atoms. The number of fused-ring (bicyclic) bond motifs is 1. The zero-order valence-electron chi connectivity index (χ0n) is 24.6. The summed E-state index contributed by atoms with van der Waals surface area (Å²) < 4.78 is 16.9. The maximum Gasteiger partial charge on any atom is 0.344 e. The Balaban J connectivity index is 1.08. The summed E-state index contributed by atoms with van der Waals surface area (Å²) >= 11 is 12.3. The van der Waals surface area contributed by atoms with Crippen molar-refractivity contribution in [3.05, 3.63) is 111 Å². The Labute approximate surface area is 268 Å². The number of carbonyl (C=O) groups excluding carboxylic acids is 1. The maximum absolute atomic E-state index is 12.9. The van der Waals surface area contributed by atoms with Gasteiger partial charge in [0.1, 0.15) is 5.75 Å². The fraction of sp³-hybridized carbons (Fsp3) is 0.343. The molecule has 4 aromatic rings. The first-order valence-corrected chi connectivity index (χ1v) is 15.6. The van der Waals surface area contributed by atoms with Crippen LogP contribution in [0.5, 0.6) is 5.75 Å². The SMILES string of the molecule is O=C(Oc1ccc([C@@H](O)CNCCCCCCOCCOCc2c(Cl)cccc2Cl)cc1CO)c1cccc2ccccc12. The van der Waals surface area contributed by atoms with Gasteiger partial charge in [0.25, 0.3) is 0 Å². The van der Waals surface area contributed by atoms with Crippen molar-refractivity contribution in [2.75, 3.05) is 32.9 Å². The number of benzene rings is 4. The molecule has 0 aliphatic carbocycles. The molecule has 234 valence electrons. The van der Waals surface area contributed by atoms with Gasteiger partial charge in [-0.2, -0.15) is 0 Å².